The number of cyclic esters (lactones) is 1. The lowest BCUT2D eigenvalue weighted by Crippen LogP contribution is -2.62. The lowest BCUT2D eigenvalue weighted by Gasteiger charge is -2.36. The molecular formula is C48H62N9O7S+. The Bertz CT molecular complexity index is 2540. The Morgan fingerprint density at radius 3 is 2.66 bits per heavy atom. The van der Waals surface area contributed by atoms with Crippen LogP contribution in [0.1, 0.15) is 83.7 Å². The molecule has 3 amide bonds. The summed E-state index contributed by atoms with van der Waals surface area (Å²) in [6, 6.07) is 6.82. The molecule has 346 valence electrons. The van der Waals surface area contributed by atoms with Gasteiger partial charge in [0.05, 0.1) is 53.3 Å². The minimum Gasteiger partial charge on any atom is -0.464 e. The fraction of sp³-hybridized carbons (Fsp3) is 0.542. The molecule has 6 heterocycles. The number of likely N-dealkylation sites (tertiary alicyclic amines) is 1. The van der Waals surface area contributed by atoms with Gasteiger partial charge in [0.15, 0.2) is 6.04 Å². The third-order valence-electron chi connectivity index (χ3n) is 13.0. The zero-order chi connectivity index (χ0) is 46.9. The molecule has 2 fully saturated rings. The second-order valence-corrected chi connectivity index (χ2v) is 19.7. The van der Waals surface area contributed by atoms with E-state index in [-0.39, 0.29) is 43.4 Å². The van der Waals surface area contributed by atoms with E-state index in [0.717, 1.165) is 49.5 Å². The van der Waals surface area contributed by atoms with E-state index >= 15 is 0 Å². The van der Waals surface area contributed by atoms with E-state index in [1.54, 1.807) is 32.2 Å². The monoisotopic (exact) mass is 908 g/mol. The molecule has 6 bridgehead atoms. The second-order valence-electron chi connectivity index (χ2n) is 18.8. The van der Waals surface area contributed by atoms with Crippen molar-refractivity contribution >= 4 is 45.9 Å². The summed E-state index contributed by atoms with van der Waals surface area (Å²) in [5.41, 5.74) is 9.09. The zero-order valence-corrected chi connectivity index (χ0v) is 40.0. The first-order valence-electron chi connectivity index (χ1n) is 22.4. The summed E-state index contributed by atoms with van der Waals surface area (Å²) in [4.78, 5) is 81.7. The number of ether oxygens (including phenoxy) is 2. The topological polar surface area (TPSA) is 171 Å². The molecule has 7 rings (SSSR count). The molecule has 0 radical (unpaired) electrons. The molecule has 1 aromatic carbocycles. The van der Waals surface area contributed by atoms with Gasteiger partial charge in [0.2, 0.25) is 5.91 Å². The summed E-state index contributed by atoms with van der Waals surface area (Å²) in [6.07, 6.45) is 3.14. The summed E-state index contributed by atoms with van der Waals surface area (Å²) in [6.45, 7) is 14.3. The summed E-state index contributed by atoms with van der Waals surface area (Å²) < 4.78 is 14.0. The maximum Gasteiger partial charge on any atom is 0.324 e. The third kappa shape index (κ3) is 9.80. The smallest absolute Gasteiger partial charge is 0.324 e. The van der Waals surface area contributed by atoms with Crippen LogP contribution in [0, 0.1) is 34.0 Å². The van der Waals surface area contributed by atoms with Crippen LogP contribution in [0.15, 0.2) is 41.9 Å². The third-order valence-corrected chi connectivity index (χ3v) is 13.8. The highest BCUT2D eigenvalue weighted by Gasteiger charge is 2.48. The minimum absolute atomic E-state index is 0.0615. The van der Waals surface area contributed by atoms with Crippen LogP contribution in [-0.4, -0.2) is 123 Å². The highest BCUT2D eigenvalue weighted by molar-refractivity contribution is 7.10. The maximum atomic E-state index is 14.6. The van der Waals surface area contributed by atoms with Crippen molar-refractivity contribution in [3.05, 3.63) is 63.1 Å². The van der Waals surface area contributed by atoms with Gasteiger partial charge in [-0.15, -0.1) is 16.3 Å². The molecule has 17 heteroatoms. The molecule has 0 spiro atoms. The Morgan fingerprint density at radius 1 is 1.17 bits per heavy atom. The number of carbonyl (C=O) groups excluding carboxylic acids is 4. The van der Waals surface area contributed by atoms with Crippen molar-refractivity contribution in [1.29, 1.82) is 0 Å². The largest absolute Gasteiger partial charge is 0.464 e. The Kier molecular flexibility index (Phi) is 14.1. The van der Waals surface area contributed by atoms with Crippen molar-refractivity contribution in [1.82, 2.24) is 40.2 Å². The Balaban J connectivity index is 1.25. The molecule has 65 heavy (non-hydrogen) atoms. The number of hydrogen-bond acceptors (Lipinski definition) is 11. The molecule has 6 atom stereocenters. The Labute approximate surface area is 384 Å². The molecule has 0 unspecified atom stereocenters. The first kappa shape index (κ1) is 47.3. The molecule has 2 N–H and O–H groups in total. The number of esters is 1. The maximum absolute atomic E-state index is 14.6. The lowest BCUT2D eigenvalue weighted by molar-refractivity contribution is -0.736. The van der Waals surface area contributed by atoms with Gasteiger partial charge in [-0.3, -0.25) is 29.2 Å². The van der Waals surface area contributed by atoms with E-state index in [4.69, 9.17) is 19.4 Å². The van der Waals surface area contributed by atoms with Crippen molar-refractivity contribution in [3.63, 3.8) is 0 Å². The molecule has 3 aliphatic rings. The van der Waals surface area contributed by atoms with Gasteiger partial charge in [-0.2, -0.15) is 0 Å². The number of carbonyl (C=O) groups is 4. The molecule has 16 nitrogen and oxygen atoms in total. The highest BCUT2D eigenvalue weighted by Crippen LogP contribution is 2.41. The van der Waals surface area contributed by atoms with Crippen molar-refractivity contribution in [2.24, 2.45) is 24.3 Å². The average Bonchev–Trinajstić information content (AvgIpc) is 3.99. The van der Waals surface area contributed by atoms with Crippen LogP contribution in [-0.2, 0) is 48.5 Å². The number of pyridine rings is 1. The predicted octanol–water partition coefficient (Wildman–Crippen LogP) is 5.24. The normalized spacial score (nSPS) is 22.1. The quantitative estimate of drug-likeness (QED) is 0.0975. The van der Waals surface area contributed by atoms with Crippen molar-refractivity contribution in [3.8, 4) is 34.4 Å². The zero-order valence-electron chi connectivity index (χ0n) is 39.1. The van der Waals surface area contributed by atoms with E-state index in [0.29, 0.717) is 37.4 Å². The molecule has 3 aliphatic heterocycles. The fourth-order valence-corrected chi connectivity index (χ4v) is 10.3. The molecule has 0 saturated carbocycles. The van der Waals surface area contributed by atoms with E-state index in [2.05, 4.69) is 66.2 Å². The Morgan fingerprint density at radius 2 is 1.94 bits per heavy atom. The highest BCUT2D eigenvalue weighted by atomic mass is 32.1. The number of rotatable bonds is 9. The molecule has 3 aromatic heterocycles. The van der Waals surface area contributed by atoms with Crippen LogP contribution in [0.5, 0.6) is 0 Å². The van der Waals surface area contributed by atoms with Crippen LogP contribution in [0.3, 0.4) is 0 Å². The molecule has 2 saturated heterocycles. The van der Waals surface area contributed by atoms with Gasteiger partial charge >= 0.3 is 5.97 Å². The van der Waals surface area contributed by atoms with Crippen LogP contribution >= 0.6 is 11.3 Å². The minimum atomic E-state index is -1.10. The number of methoxy groups -OCH3 is 1. The Hall–Kier alpha value is -5.70. The van der Waals surface area contributed by atoms with Gasteiger partial charge in [-0.1, -0.05) is 46.6 Å². The first-order valence-corrected chi connectivity index (χ1v) is 23.3. The van der Waals surface area contributed by atoms with Gasteiger partial charge in [0.25, 0.3) is 17.9 Å². The number of nitrogens with one attached hydrogen (secondary N) is 2. The van der Waals surface area contributed by atoms with Gasteiger partial charge in [0, 0.05) is 78.6 Å². The second kappa shape index (κ2) is 19.4. The predicted molar refractivity (Wildman–Crippen MR) is 248 cm³/mol. The number of hydrogen-bond donors (Lipinski definition) is 2. The SMILES string of the molecule is CC#CC(=O)N1C[C@@H]([N+](=O)N(C)[C@H](C(=O)N[C@H]2Cc3nc(cs3)-c3ccc4c(c3)c(c(-c3cccnc3[C@H](C)OC)n4C)CC(C)(C)COC(=O)[C@@H]3CCCN(N3)C2=O)C(C)C)[C@@H](C)C1. The van der Waals surface area contributed by atoms with Crippen molar-refractivity contribution in [2.45, 2.75) is 104 Å². The number of aryl methyl sites for hydroxylation is 1. The number of amides is 3. The summed E-state index contributed by atoms with van der Waals surface area (Å²) in [5, 5.41) is 9.40. The number of thiazole rings is 1. The van der Waals surface area contributed by atoms with Gasteiger partial charge in [-0.25, -0.2) is 10.4 Å². The average molecular weight is 909 g/mol. The standard InChI is InChI=1S/C48H61N9O7S/c1-11-14-41(58)55-24-29(4)39(25-55)57(62)54(9)43(28(2)3)45(59)51-36-22-40-50-37(26-65-40)31-17-18-38-33(21-31)34(44(53(38)8)32-15-12-19-49-42(32)30(5)63-10)23-48(6,7)27-64-47(61)35-16-13-20-56(52-35)46(36)60/h12,15,17-19,21,26,28-30,35-36,39,43,52H,13,16,20,22-25,27H2,1-10H3/p+1/t29-,30-,35-,36-,39+,43-/m0/s1. The number of benzene rings is 1. The van der Waals surface area contributed by atoms with E-state index in [9.17, 15) is 24.1 Å². The number of nitrogens with zero attached hydrogens (tertiary/aromatic N) is 7. The van der Waals surface area contributed by atoms with E-state index in [1.165, 1.54) is 21.4 Å². The van der Waals surface area contributed by atoms with E-state index < -0.39 is 47.4 Å². The van der Waals surface area contributed by atoms with Gasteiger partial charge < -0.3 is 24.3 Å². The molecule has 4 aromatic rings. The number of fused-ring (bicyclic) bond motifs is 6. The van der Waals surface area contributed by atoms with Crippen molar-refractivity contribution in [2.75, 3.05) is 40.4 Å². The number of nitroso groups, excluding NO2 is 1. The first-order chi connectivity index (χ1) is 30.9. The van der Waals surface area contributed by atoms with Gasteiger partial charge in [0.1, 0.15) is 17.0 Å². The van der Waals surface area contributed by atoms with Crippen LogP contribution in [0.2, 0.25) is 0 Å². The summed E-state index contributed by atoms with van der Waals surface area (Å²) >= 11 is 1.40. The molecule has 0 aliphatic carbocycles. The fourth-order valence-electron chi connectivity index (χ4n) is 9.47. The number of aromatic nitrogens is 3. The van der Waals surface area contributed by atoms with E-state index in [1.807, 2.05) is 45.2 Å². The van der Waals surface area contributed by atoms with Crippen molar-refractivity contribution < 1.29 is 33.5 Å². The van der Waals surface area contributed by atoms with Crippen LogP contribution in [0.4, 0.5) is 0 Å². The summed E-state index contributed by atoms with van der Waals surface area (Å²) in [5.74, 6) is 2.89. The lowest BCUT2D eigenvalue weighted by atomic mass is 9.84. The van der Waals surface area contributed by atoms with Crippen LogP contribution in [0.25, 0.3) is 33.4 Å². The molecular weight excluding hydrogens is 847 g/mol. The number of likely N-dealkylation sites (N-methyl/N-ethyl adjacent to an activating group) is 1. The summed E-state index contributed by atoms with van der Waals surface area (Å²) in [7, 11) is 5.29. The number of hydrazine groups is 2. The van der Waals surface area contributed by atoms with Crippen LogP contribution < -0.4 is 10.7 Å². The van der Waals surface area contributed by atoms with Gasteiger partial charge in [-0.05, 0) is 74.8 Å².